The molecule has 0 N–H and O–H groups in total. The van der Waals surface area contributed by atoms with Crippen molar-refractivity contribution in [2.24, 2.45) is 4.99 Å². The minimum atomic E-state index is -0.726. The maximum atomic E-state index is 13.8. The van der Waals surface area contributed by atoms with Crippen molar-refractivity contribution in [3.05, 3.63) is 84.5 Å². The van der Waals surface area contributed by atoms with Gasteiger partial charge in [0, 0.05) is 0 Å². The van der Waals surface area contributed by atoms with Crippen LogP contribution in [0.15, 0.2) is 63.5 Å². The number of ether oxygens (including phenoxy) is 5. The summed E-state index contributed by atoms with van der Waals surface area (Å²) in [5.41, 5.74) is 1.89. The first-order valence-corrected chi connectivity index (χ1v) is 14.0. The molecule has 1 atom stereocenters. The van der Waals surface area contributed by atoms with Gasteiger partial charge in [0.1, 0.15) is 5.75 Å². The van der Waals surface area contributed by atoms with Gasteiger partial charge in [0.05, 0.1) is 48.8 Å². The van der Waals surface area contributed by atoms with Crippen LogP contribution in [0.3, 0.4) is 0 Å². The van der Waals surface area contributed by atoms with Gasteiger partial charge in [-0.1, -0.05) is 29.5 Å². The van der Waals surface area contributed by atoms with E-state index in [9.17, 15) is 14.4 Å². The molecule has 41 heavy (non-hydrogen) atoms. The lowest BCUT2D eigenvalue weighted by molar-refractivity contribution is -0.145. The quantitative estimate of drug-likeness (QED) is 0.318. The molecule has 0 fully saturated rings. The summed E-state index contributed by atoms with van der Waals surface area (Å²) in [6.45, 7) is 7.81. The lowest BCUT2D eigenvalue weighted by Gasteiger charge is -2.24. The fourth-order valence-corrected chi connectivity index (χ4v) is 5.45. The van der Waals surface area contributed by atoms with Crippen molar-refractivity contribution in [2.75, 3.05) is 33.5 Å². The van der Waals surface area contributed by atoms with Gasteiger partial charge < -0.3 is 23.7 Å². The molecule has 0 unspecified atom stereocenters. The zero-order chi connectivity index (χ0) is 29.5. The number of hydrogen-bond acceptors (Lipinski definition) is 10. The highest BCUT2D eigenvalue weighted by Crippen LogP contribution is 2.32. The summed E-state index contributed by atoms with van der Waals surface area (Å²) >= 11 is 1.22. The largest absolute Gasteiger partial charge is 0.494 e. The molecule has 3 aromatic rings. The van der Waals surface area contributed by atoms with Crippen molar-refractivity contribution >= 4 is 29.4 Å². The van der Waals surface area contributed by atoms with Crippen LogP contribution in [0.2, 0.25) is 0 Å². The molecule has 2 heterocycles. The van der Waals surface area contributed by atoms with Crippen molar-refractivity contribution in [3.8, 4) is 17.2 Å². The number of methoxy groups -OCH3 is 1. The van der Waals surface area contributed by atoms with E-state index in [1.165, 1.54) is 23.0 Å². The van der Waals surface area contributed by atoms with Gasteiger partial charge >= 0.3 is 11.9 Å². The molecule has 11 heteroatoms. The van der Waals surface area contributed by atoms with E-state index in [0.29, 0.717) is 50.0 Å². The number of carbonyl (C=O) groups excluding carboxylic acids is 2. The van der Waals surface area contributed by atoms with Crippen LogP contribution in [0, 0.1) is 0 Å². The first kappa shape index (κ1) is 29.6. The summed E-state index contributed by atoms with van der Waals surface area (Å²) in [5, 5.41) is 0. The molecule has 1 aliphatic heterocycles. The van der Waals surface area contributed by atoms with E-state index in [1.807, 2.05) is 31.2 Å². The second-order valence-electron chi connectivity index (χ2n) is 8.81. The van der Waals surface area contributed by atoms with Gasteiger partial charge in [-0.2, -0.15) is 0 Å². The summed E-state index contributed by atoms with van der Waals surface area (Å²) in [5.74, 6) is 0.433. The predicted molar refractivity (Wildman–Crippen MR) is 153 cm³/mol. The molecule has 0 radical (unpaired) electrons. The Morgan fingerprint density at radius 1 is 0.976 bits per heavy atom. The van der Waals surface area contributed by atoms with Crippen molar-refractivity contribution in [2.45, 2.75) is 33.7 Å². The summed E-state index contributed by atoms with van der Waals surface area (Å²) in [4.78, 5) is 43.7. The van der Waals surface area contributed by atoms with Gasteiger partial charge in [0.2, 0.25) is 0 Å². The van der Waals surface area contributed by atoms with Crippen molar-refractivity contribution in [3.63, 3.8) is 0 Å². The zero-order valence-corrected chi connectivity index (χ0v) is 24.4. The average Bonchev–Trinajstić information content (AvgIpc) is 3.26. The Hall–Kier alpha value is -4.38. The van der Waals surface area contributed by atoms with Crippen LogP contribution in [0.5, 0.6) is 17.2 Å². The number of aromatic nitrogens is 1. The maximum Gasteiger partial charge on any atom is 0.344 e. The molecule has 4 rings (SSSR count). The van der Waals surface area contributed by atoms with E-state index in [0.717, 1.165) is 5.56 Å². The molecule has 0 saturated carbocycles. The molecule has 0 spiro atoms. The van der Waals surface area contributed by atoms with Gasteiger partial charge in [0.25, 0.3) is 5.56 Å². The fraction of sp³-hybridized carbons (Fsp3) is 0.333. The number of hydrogen-bond donors (Lipinski definition) is 0. The van der Waals surface area contributed by atoms with Crippen LogP contribution in [0.4, 0.5) is 0 Å². The SMILES string of the molecule is CCOC(=O)COc1ccc(/C=c2\sc3n(c2=O)[C@H](c2ccc(OCC)cc2)C(C(=O)OCC)=C(C)N=3)cc1OC. The Morgan fingerprint density at radius 2 is 1.71 bits per heavy atom. The van der Waals surface area contributed by atoms with E-state index >= 15 is 0 Å². The van der Waals surface area contributed by atoms with Gasteiger partial charge in [-0.15, -0.1) is 0 Å². The molecule has 1 aromatic heterocycles. The minimum absolute atomic E-state index is 0.192. The number of allylic oxidation sites excluding steroid dienone is 1. The Morgan fingerprint density at radius 3 is 2.37 bits per heavy atom. The summed E-state index contributed by atoms with van der Waals surface area (Å²) in [6.07, 6.45) is 1.72. The van der Waals surface area contributed by atoms with Crippen molar-refractivity contribution in [1.82, 2.24) is 4.57 Å². The third-order valence-electron chi connectivity index (χ3n) is 6.16. The third-order valence-corrected chi connectivity index (χ3v) is 7.14. The third kappa shape index (κ3) is 6.51. The van der Waals surface area contributed by atoms with Crippen LogP contribution in [-0.4, -0.2) is 50.0 Å². The van der Waals surface area contributed by atoms with E-state index < -0.39 is 18.0 Å². The topological polar surface area (TPSA) is 115 Å². The lowest BCUT2D eigenvalue weighted by atomic mass is 9.96. The van der Waals surface area contributed by atoms with Gasteiger partial charge in [-0.25, -0.2) is 14.6 Å². The summed E-state index contributed by atoms with van der Waals surface area (Å²) in [7, 11) is 1.49. The zero-order valence-electron chi connectivity index (χ0n) is 23.6. The Bertz CT molecular complexity index is 1640. The predicted octanol–water partition coefficient (Wildman–Crippen LogP) is 3.15. The standard InChI is InChI=1S/C30H32N2O8S/c1-6-37-21-12-10-20(11-13-21)27-26(29(35)39-8-3)18(4)31-30-32(27)28(34)24(41-30)16-19-9-14-22(23(15-19)36-5)40-17-25(33)38-7-2/h9-16,27H,6-8,17H2,1-5H3/b24-16-/t27-/m1/s1. The number of carbonyl (C=O) groups is 2. The summed E-state index contributed by atoms with van der Waals surface area (Å²) < 4.78 is 28.8. The molecule has 0 saturated heterocycles. The van der Waals surface area contributed by atoms with E-state index in [-0.39, 0.29) is 25.4 Å². The molecule has 216 valence electrons. The molecule has 1 aliphatic rings. The van der Waals surface area contributed by atoms with Crippen LogP contribution in [-0.2, 0) is 19.1 Å². The Balaban J connectivity index is 1.78. The second-order valence-corrected chi connectivity index (χ2v) is 9.82. The molecule has 0 bridgehead atoms. The van der Waals surface area contributed by atoms with Gasteiger partial charge in [-0.05, 0) is 69.2 Å². The normalized spacial score (nSPS) is 14.7. The molecule has 10 nitrogen and oxygen atoms in total. The average molecular weight is 581 g/mol. The number of thiazole rings is 1. The number of rotatable bonds is 11. The highest BCUT2D eigenvalue weighted by molar-refractivity contribution is 7.07. The smallest absolute Gasteiger partial charge is 0.344 e. The van der Waals surface area contributed by atoms with Crippen LogP contribution >= 0.6 is 11.3 Å². The molecular weight excluding hydrogens is 548 g/mol. The Kier molecular flexibility index (Phi) is 9.61. The number of nitrogens with zero attached hydrogens (tertiary/aromatic N) is 2. The minimum Gasteiger partial charge on any atom is -0.494 e. The maximum absolute atomic E-state index is 13.8. The number of esters is 2. The highest BCUT2D eigenvalue weighted by Gasteiger charge is 2.33. The first-order chi connectivity index (χ1) is 19.8. The van der Waals surface area contributed by atoms with E-state index in [2.05, 4.69) is 4.99 Å². The van der Waals surface area contributed by atoms with Crippen LogP contribution in [0.25, 0.3) is 6.08 Å². The number of fused-ring (bicyclic) bond motifs is 1. The fourth-order valence-electron chi connectivity index (χ4n) is 4.40. The van der Waals surface area contributed by atoms with Crippen LogP contribution < -0.4 is 29.1 Å². The molecule has 2 aromatic carbocycles. The molecule has 0 aliphatic carbocycles. The van der Waals surface area contributed by atoms with Crippen molar-refractivity contribution in [1.29, 1.82) is 0 Å². The monoisotopic (exact) mass is 580 g/mol. The van der Waals surface area contributed by atoms with Crippen molar-refractivity contribution < 1.29 is 33.3 Å². The van der Waals surface area contributed by atoms with Gasteiger partial charge in [0.15, 0.2) is 22.9 Å². The lowest BCUT2D eigenvalue weighted by Crippen LogP contribution is -2.39. The molecule has 0 amide bonds. The van der Waals surface area contributed by atoms with Gasteiger partial charge in [-0.3, -0.25) is 9.36 Å². The molecular formula is C30H32N2O8S. The summed E-state index contributed by atoms with van der Waals surface area (Å²) in [6, 6.07) is 11.7. The van der Waals surface area contributed by atoms with E-state index in [1.54, 1.807) is 45.0 Å². The van der Waals surface area contributed by atoms with Crippen LogP contribution in [0.1, 0.15) is 44.9 Å². The first-order valence-electron chi connectivity index (χ1n) is 13.2. The Labute approximate surface area is 241 Å². The number of benzene rings is 2. The highest BCUT2D eigenvalue weighted by atomic mass is 32.1. The van der Waals surface area contributed by atoms with E-state index in [4.69, 9.17) is 23.7 Å². The second kappa shape index (κ2) is 13.3.